The van der Waals surface area contributed by atoms with Gasteiger partial charge in [-0.2, -0.15) is 0 Å². The number of hydrogen-bond donors (Lipinski definition) is 0. The molecular weight excluding hydrogens is 196 g/mol. The fourth-order valence-corrected chi connectivity index (χ4v) is 0.227. The van der Waals surface area contributed by atoms with Gasteiger partial charge in [0, 0.05) is 13.7 Å². The normalized spacial score (nSPS) is 8.15. The second-order valence-corrected chi connectivity index (χ2v) is 2.20. The first-order valence-electron chi connectivity index (χ1n) is 3.71. The summed E-state index contributed by atoms with van der Waals surface area (Å²) >= 11 is 0. The van der Waals surface area contributed by atoms with Crippen molar-refractivity contribution in [1.29, 1.82) is 0 Å². The Morgan fingerprint density at radius 2 is 1.85 bits per heavy atom. The molecule has 0 unspecified atom stereocenters. The first kappa shape index (κ1) is 19.3. The minimum absolute atomic E-state index is 0. The fourth-order valence-electron chi connectivity index (χ4n) is 0.227. The van der Waals surface area contributed by atoms with Crippen molar-refractivity contribution in [3.05, 3.63) is 20.8 Å². The van der Waals surface area contributed by atoms with E-state index in [0.29, 0.717) is 5.92 Å². The van der Waals surface area contributed by atoms with Crippen LogP contribution in [0.5, 0.6) is 0 Å². The molecule has 0 aliphatic rings. The molecule has 0 fully saturated rings. The molecule has 3 nitrogen and oxygen atoms in total. The van der Waals surface area contributed by atoms with Gasteiger partial charge in [0.2, 0.25) is 0 Å². The van der Waals surface area contributed by atoms with Crippen molar-refractivity contribution in [1.82, 2.24) is 0 Å². The molecule has 0 atom stereocenters. The number of esters is 1. The van der Waals surface area contributed by atoms with Gasteiger partial charge in [0.1, 0.15) is 0 Å². The third-order valence-corrected chi connectivity index (χ3v) is 1.08. The van der Waals surface area contributed by atoms with Crippen LogP contribution in [-0.2, 0) is 9.53 Å². The Balaban J connectivity index is -0.000000143. The van der Waals surface area contributed by atoms with E-state index in [-0.39, 0.29) is 37.7 Å². The van der Waals surface area contributed by atoms with Crippen LogP contribution in [0.25, 0.3) is 0 Å². The van der Waals surface area contributed by atoms with Gasteiger partial charge in [0.25, 0.3) is 0 Å². The maximum Gasteiger partial charge on any atom is 2.00 e. The van der Waals surface area contributed by atoms with E-state index in [2.05, 4.69) is 25.5 Å². The fraction of sp³-hybridized carbons (Fsp3) is 0.556. The summed E-state index contributed by atoms with van der Waals surface area (Å²) in [5.74, 6) is -0.0602. The summed E-state index contributed by atoms with van der Waals surface area (Å²) in [6, 6.07) is 0. The Hall–Kier alpha value is 0.690. The van der Waals surface area contributed by atoms with Gasteiger partial charge in [-0.1, -0.05) is 0 Å². The topological polar surface area (TPSA) is 49.4 Å². The van der Waals surface area contributed by atoms with Crippen LogP contribution in [-0.4, -0.2) is 50.5 Å². The molecule has 0 aliphatic carbocycles. The van der Waals surface area contributed by atoms with Gasteiger partial charge in [-0.05, 0) is 0 Å². The molecule has 0 bridgehead atoms. The summed E-state index contributed by atoms with van der Waals surface area (Å²) in [5, 5.41) is 9.30. The maximum atomic E-state index is 9.62. The van der Waals surface area contributed by atoms with Crippen molar-refractivity contribution in [2.45, 2.75) is 19.8 Å². The molecule has 0 rings (SSSR count). The maximum absolute atomic E-state index is 9.62. The van der Waals surface area contributed by atoms with E-state index in [0.717, 1.165) is 12.8 Å². The van der Waals surface area contributed by atoms with Gasteiger partial charge >= 0.3 is 43.7 Å². The van der Waals surface area contributed by atoms with E-state index in [4.69, 9.17) is 0 Å². The molecule has 0 aliphatic heterocycles. The number of rotatable bonds is 3. The third kappa shape index (κ3) is 24.5. The van der Waals surface area contributed by atoms with Gasteiger partial charge in [-0.15, -0.1) is 0 Å². The first-order chi connectivity index (χ1) is 5.58. The number of carbonyl (C=O) groups excluding carboxylic acids is 1. The molecule has 0 spiro atoms. The molecule has 0 saturated heterocycles. The summed E-state index contributed by atoms with van der Waals surface area (Å²) < 4.78 is 3.85. The molecule has 4 heteroatoms. The summed E-state index contributed by atoms with van der Waals surface area (Å²) in [4.78, 5) is 9.62. The quantitative estimate of drug-likeness (QED) is 0.294. The largest absolute Gasteiger partial charge is 2.00 e. The predicted molar refractivity (Wildman–Crippen MR) is 51.2 cm³/mol. The predicted octanol–water partition coefficient (Wildman–Crippen LogP) is 0.372. The number of hydrogen-bond acceptors (Lipinski definition) is 3. The van der Waals surface area contributed by atoms with Crippen LogP contribution in [0.1, 0.15) is 19.8 Å². The summed E-state index contributed by atoms with van der Waals surface area (Å²) in [6.45, 7) is 11.5. The van der Waals surface area contributed by atoms with Crippen molar-refractivity contribution >= 4 is 43.7 Å². The minimum Gasteiger partial charge on any atom is -0.824 e. The van der Waals surface area contributed by atoms with E-state index < -0.39 is 12.8 Å². The molecule has 0 amide bonds. The number of carbonyl (C=O) groups is 1. The zero-order valence-corrected chi connectivity index (χ0v) is 10.5. The molecule has 0 aromatic heterocycles. The molecule has 0 aromatic rings. The van der Waals surface area contributed by atoms with E-state index in [1.165, 1.54) is 6.92 Å². The Kier molecular flexibility index (Phi) is 22.5. The molecule has 0 saturated carbocycles. The van der Waals surface area contributed by atoms with Crippen LogP contribution in [0.3, 0.4) is 0 Å². The van der Waals surface area contributed by atoms with Crippen LogP contribution < -0.4 is 5.11 Å². The smallest absolute Gasteiger partial charge is 0.824 e. The van der Waals surface area contributed by atoms with Gasteiger partial charge in [-0.25, -0.2) is 18.8 Å². The summed E-state index contributed by atoms with van der Waals surface area (Å²) in [5.41, 5.74) is 0. The molecule has 74 valence electrons. The van der Waals surface area contributed by atoms with Crippen molar-refractivity contribution in [3.63, 3.8) is 0 Å². The van der Waals surface area contributed by atoms with Crippen molar-refractivity contribution in [2.24, 2.45) is 5.92 Å². The first-order valence-corrected chi connectivity index (χ1v) is 3.71. The van der Waals surface area contributed by atoms with Gasteiger partial charge in [0.15, 0.2) is 0 Å². The molecule has 0 radical (unpaired) electrons. The van der Waals surface area contributed by atoms with Crippen LogP contribution in [0.2, 0.25) is 0 Å². The molecule has 0 aromatic carbocycles. The van der Waals surface area contributed by atoms with Crippen LogP contribution >= 0.6 is 0 Å². The van der Waals surface area contributed by atoms with E-state index in [9.17, 15) is 9.90 Å². The SMILES string of the molecule is CC(=O)OC[O-].[CH2-]CC([CH2-])C[CH2-].[Ca+2]. The Morgan fingerprint density at radius 1 is 1.46 bits per heavy atom. The average molecular weight is 212 g/mol. The third-order valence-electron chi connectivity index (χ3n) is 1.08. The Bertz CT molecular complexity index is 103. The van der Waals surface area contributed by atoms with Crippen LogP contribution in [0, 0.1) is 26.7 Å². The molecule has 0 heterocycles. The Labute approximate surface area is 111 Å². The van der Waals surface area contributed by atoms with E-state index in [1.807, 2.05) is 0 Å². The standard InChI is InChI=1S/C6H11.C3H5O3.Ca/c1-4-6(3)5-2;1-3(5)6-2-4;/h6H,1-5H2;2H2,1H3;/q-3;-1;+2. The summed E-state index contributed by atoms with van der Waals surface area (Å²) in [6.07, 6.45) is 1.81. The minimum atomic E-state index is -0.769. The average Bonchev–Trinajstić information content (AvgIpc) is 2.04. The monoisotopic (exact) mass is 212 g/mol. The second-order valence-electron chi connectivity index (χ2n) is 2.20. The van der Waals surface area contributed by atoms with Crippen molar-refractivity contribution in [2.75, 3.05) is 6.79 Å². The Morgan fingerprint density at radius 3 is 1.85 bits per heavy atom. The molecular formula is C9H16CaO3-2. The zero-order chi connectivity index (χ0) is 9.98. The van der Waals surface area contributed by atoms with Crippen molar-refractivity contribution < 1.29 is 14.6 Å². The molecule has 0 N–H and O–H groups in total. The van der Waals surface area contributed by atoms with Gasteiger partial charge in [-0.3, -0.25) is 4.79 Å². The summed E-state index contributed by atoms with van der Waals surface area (Å²) in [7, 11) is 0. The van der Waals surface area contributed by atoms with Crippen molar-refractivity contribution in [3.8, 4) is 0 Å². The molecule has 13 heavy (non-hydrogen) atoms. The number of ether oxygens (including phenoxy) is 1. The van der Waals surface area contributed by atoms with Crippen LogP contribution in [0.4, 0.5) is 0 Å². The van der Waals surface area contributed by atoms with Gasteiger partial charge < -0.3 is 30.6 Å². The second kappa shape index (κ2) is 15.2. The van der Waals surface area contributed by atoms with E-state index >= 15 is 0 Å². The zero-order valence-electron chi connectivity index (χ0n) is 8.25. The van der Waals surface area contributed by atoms with Gasteiger partial charge in [0.05, 0.1) is 0 Å². The van der Waals surface area contributed by atoms with E-state index in [1.54, 1.807) is 0 Å². The van der Waals surface area contributed by atoms with Crippen LogP contribution in [0.15, 0.2) is 0 Å².